The van der Waals surface area contributed by atoms with Gasteiger partial charge in [0.25, 0.3) is 0 Å². The van der Waals surface area contributed by atoms with E-state index in [0.717, 1.165) is 19.4 Å². The highest BCUT2D eigenvalue weighted by molar-refractivity contribution is 6.42. The molecule has 1 heterocycles. The van der Waals surface area contributed by atoms with E-state index in [4.69, 9.17) is 27.9 Å². The van der Waals surface area contributed by atoms with E-state index in [-0.39, 0.29) is 6.10 Å². The summed E-state index contributed by atoms with van der Waals surface area (Å²) in [6, 6.07) is 4.96. The maximum atomic E-state index is 11.4. The standard InChI is InChI=1S/C13H14Cl2O3/c14-11-4-3-8(6-12(11)15)10(13(16)17)7-9-2-1-5-18-9/h3-4,6,9-10H,1-2,5,7H2,(H,16,17). The molecule has 0 spiro atoms. The summed E-state index contributed by atoms with van der Waals surface area (Å²) in [5.41, 5.74) is 0.674. The van der Waals surface area contributed by atoms with Crippen LogP contribution in [0.25, 0.3) is 0 Å². The minimum absolute atomic E-state index is 0.0283. The fraction of sp³-hybridized carbons (Fsp3) is 0.462. The summed E-state index contributed by atoms with van der Waals surface area (Å²) in [6.45, 7) is 0.721. The molecule has 0 radical (unpaired) electrons. The molecule has 0 aliphatic carbocycles. The van der Waals surface area contributed by atoms with E-state index in [1.807, 2.05) is 0 Å². The van der Waals surface area contributed by atoms with Crippen molar-refractivity contribution in [2.75, 3.05) is 6.61 Å². The van der Waals surface area contributed by atoms with Gasteiger partial charge in [-0.15, -0.1) is 0 Å². The minimum Gasteiger partial charge on any atom is -0.481 e. The molecule has 2 atom stereocenters. The Hall–Kier alpha value is -0.770. The van der Waals surface area contributed by atoms with Crippen LogP contribution in [0.1, 0.15) is 30.7 Å². The van der Waals surface area contributed by atoms with Crippen molar-refractivity contribution in [1.82, 2.24) is 0 Å². The van der Waals surface area contributed by atoms with Crippen LogP contribution in [0.2, 0.25) is 10.0 Å². The van der Waals surface area contributed by atoms with Gasteiger partial charge in [-0.2, -0.15) is 0 Å². The van der Waals surface area contributed by atoms with E-state index >= 15 is 0 Å². The topological polar surface area (TPSA) is 46.5 Å². The van der Waals surface area contributed by atoms with Gasteiger partial charge in [0, 0.05) is 6.61 Å². The van der Waals surface area contributed by atoms with Gasteiger partial charge in [-0.3, -0.25) is 4.79 Å². The van der Waals surface area contributed by atoms with Crippen LogP contribution in [0.15, 0.2) is 18.2 Å². The first-order valence-electron chi connectivity index (χ1n) is 5.87. The molecule has 2 rings (SSSR count). The van der Waals surface area contributed by atoms with Crippen LogP contribution in [0.4, 0.5) is 0 Å². The molecule has 1 aromatic carbocycles. The van der Waals surface area contributed by atoms with Crippen molar-refractivity contribution in [1.29, 1.82) is 0 Å². The second-order valence-electron chi connectivity index (χ2n) is 4.44. The Kier molecular flexibility index (Phi) is 4.49. The zero-order chi connectivity index (χ0) is 13.1. The third kappa shape index (κ3) is 3.16. The Morgan fingerprint density at radius 3 is 2.78 bits per heavy atom. The van der Waals surface area contributed by atoms with E-state index in [2.05, 4.69) is 0 Å². The van der Waals surface area contributed by atoms with Crippen molar-refractivity contribution in [3.63, 3.8) is 0 Å². The van der Waals surface area contributed by atoms with Crippen molar-refractivity contribution in [2.45, 2.75) is 31.3 Å². The Morgan fingerprint density at radius 1 is 1.44 bits per heavy atom. The molecule has 0 amide bonds. The number of carbonyl (C=O) groups is 1. The van der Waals surface area contributed by atoms with Crippen LogP contribution < -0.4 is 0 Å². The molecule has 0 saturated carbocycles. The first-order valence-corrected chi connectivity index (χ1v) is 6.63. The lowest BCUT2D eigenvalue weighted by Gasteiger charge is -2.17. The summed E-state index contributed by atoms with van der Waals surface area (Å²) in [6.07, 6.45) is 2.43. The van der Waals surface area contributed by atoms with Gasteiger partial charge < -0.3 is 9.84 Å². The summed E-state index contributed by atoms with van der Waals surface area (Å²) in [5, 5.41) is 10.1. The Morgan fingerprint density at radius 2 is 2.22 bits per heavy atom. The number of carboxylic acids is 1. The number of halogens is 2. The third-order valence-electron chi connectivity index (χ3n) is 3.17. The maximum Gasteiger partial charge on any atom is 0.311 e. The molecule has 1 aromatic rings. The fourth-order valence-corrected chi connectivity index (χ4v) is 2.51. The largest absolute Gasteiger partial charge is 0.481 e. The number of ether oxygens (including phenoxy) is 1. The molecular formula is C13H14Cl2O3. The number of aliphatic carboxylic acids is 1. The molecular weight excluding hydrogens is 275 g/mol. The van der Waals surface area contributed by atoms with Gasteiger partial charge in [-0.05, 0) is 37.0 Å². The monoisotopic (exact) mass is 288 g/mol. The molecule has 1 aliphatic rings. The highest BCUT2D eigenvalue weighted by Crippen LogP contribution is 2.31. The van der Waals surface area contributed by atoms with Gasteiger partial charge in [0.15, 0.2) is 0 Å². The fourth-order valence-electron chi connectivity index (χ4n) is 2.20. The number of hydrogen-bond acceptors (Lipinski definition) is 2. The predicted octanol–water partition coefficient (Wildman–Crippen LogP) is 3.73. The Labute approximate surface area is 116 Å². The molecule has 0 bridgehead atoms. The van der Waals surface area contributed by atoms with Crippen molar-refractivity contribution in [3.8, 4) is 0 Å². The molecule has 1 fully saturated rings. The lowest BCUT2D eigenvalue weighted by molar-refractivity contribution is -0.139. The second kappa shape index (κ2) is 5.91. The first kappa shape index (κ1) is 13.7. The van der Waals surface area contributed by atoms with Gasteiger partial charge in [0.05, 0.1) is 22.1 Å². The molecule has 1 aliphatic heterocycles. The predicted molar refractivity (Wildman–Crippen MR) is 70.4 cm³/mol. The zero-order valence-corrected chi connectivity index (χ0v) is 11.2. The van der Waals surface area contributed by atoms with Gasteiger partial charge in [-0.25, -0.2) is 0 Å². The van der Waals surface area contributed by atoms with E-state index in [9.17, 15) is 9.90 Å². The number of benzene rings is 1. The van der Waals surface area contributed by atoms with Crippen molar-refractivity contribution in [2.24, 2.45) is 0 Å². The Balaban J connectivity index is 2.17. The smallest absolute Gasteiger partial charge is 0.311 e. The van der Waals surface area contributed by atoms with Gasteiger partial charge in [0.1, 0.15) is 0 Å². The maximum absolute atomic E-state index is 11.4. The Bertz CT molecular complexity index is 442. The van der Waals surface area contributed by atoms with Crippen LogP contribution in [-0.4, -0.2) is 23.8 Å². The number of hydrogen-bond donors (Lipinski definition) is 1. The molecule has 3 nitrogen and oxygen atoms in total. The molecule has 1 N–H and O–H groups in total. The highest BCUT2D eigenvalue weighted by atomic mass is 35.5. The van der Waals surface area contributed by atoms with Crippen molar-refractivity contribution >= 4 is 29.2 Å². The quantitative estimate of drug-likeness (QED) is 0.918. The third-order valence-corrected chi connectivity index (χ3v) is 3.91. The molecule has 1 saturated heterocycles. The van der Waals surface area contributed by atoms with Crippen LogP contribution in [0.3, 0.4) is 0 Å². The normalized spacial score (nSPS) is 20.9. The van der Waals surface area contributed by atoms with Crippen molar-refractivity contribution < 1.29 is 14.6 Å². The van der Waals surface area contributed by atoms with Gasteiger partial charge in [-0.1, -0.05) is 29.3 Å². The molecule has 2 unspecified atom stereocenters. The van der Waals surface area contributed by atoms with Gasteiger partial charge >= 0.3 is 5.97 Å². The number of rotatable bonds is 4. The van der Waals surface area contributed by atoms with Crippen LogP contribution >= 0.6 is 23.2 Å². The molecule has 18 heavy (non-hydrogen) atoms. The highest BCUT2D eigenvalue weighted by Gasteiger charge is 2.27. The molecule has 0 aromatic heterocycles. The summed E-state index contributed by atoms with van der Waals surface area (Å²) >= 11 is 11.8. The summed E-state index contributed by atoms with van der Waals surface area (Å²) in [7, 11) is 0. The summed E-state index contributed by atoms with van der Waals surface area (Å²) in [5.74, 6) is -1.45. The summed E-state index contributed by atoms with van der Waals surface area (Å²) in [4.78, 5) is 11.4. The SMILES string of the molecule is O=C(O)C(CC1CCCO1)c1ccc(Cl)c(Cl)c1. The van der Waals surface area contributed by atoms with Crippen LogP contribution in [0, 0.1) is 0 Å². The van der Waals surface area contributed by atoms with E-state index < -0.39 is 11.9 Å². The lowest BCUT2D eigenvalue weighted by atomic mass is 9.92. The average molecular weight is 289 g/mol. The minimum atomic E-state index is -0.858. The molecule has 98 valence electrons. The zero-order valence-electron chi connectivity index (χ0n) is 9.73. The van der Waals surface area contributed by atoms with Crippen LogP contribution in [0.5, 0.6) is 0 Å². The summed E-state index contributed by atoms with van der Waals surface area (Å²) < 4.78 is 5.49. The van der Waals surface area contributed by atoms with E-state index in [0.29, 0.717) is 22.0 Å². The average Bonchev–Trinajstić information content (AvgIpc) is 2.82. The van der Waals surface area contributed by atoms with Crippen molar-refractivity contribution in [3.05, 3.63) is 33.8 Å². The van der Waals surface area contributed by atoms with E-state index in [1.54, 1.807) is 18.2 Å². The van der Waals surface area contributed by atoms with Gasteiger partial charge in [0.2, 0.25) is 0 Å². The van der Waals surface area contributed by atoms with Crippen LogP contribution in [-0.2, 0) is 9.53 Å². The lowest BCUT2D eigenvalue weighted by Crippen LogP contribution is -2.18. The molecule has 5 heteroatoms. The first-order chi connectivity index (χ1) is 8.58. The van der Waals surface area contributed by atoms with E-state index in [1.165, 1.54) is 0 Å². The second-order valence-corrected chi connectivity index (χ2v) is 5.25. The number of carboxylic acid groups (broad SMARTS) is 1.